The second kappa shape index (κ2) is 43.3. The number of allylic oxidation sites excluding steroid dienone is 6. The number of carbonyl (C=O) groups excluding carboxylic acids is 1. The van der Waals surface area contributed by atoms with Gasteiger partial charge >= 0.3 is 0 Å². The summed E-state index contributed by atoms with van der Waals surface area (Å²) in [5.74, 6) is -0.162. The number of rotatable bonds is 42. The van der Waals surface area contributed by atoms with E-state index in [9.17, 15) is 20.1 Å². The number of carbonyl (C=O) groups is 1. The van der Waals surface area contributed by atoms with Crippen LogP contribution in [0.3, 0.4) is 0 Å². The van der Waals surface area contributed by atoms with E-state index in [1.54, 1.807) is 0 Å². The minimum absolute atomic E-state index is 0.162. The van der Waals surface area contributed by atoms with Gasteiger partial charge in [-0.2, -0.15) is 0 Å². The summed E-state index contributed by atoms with van der Waals surface area (Å²) in [5, 5.41) is 33.6. The lowest BCUT2D eigenvalue weighted by atomic mass is 10.0. The quantitative estimate of drug-likeness (QED) is 0.0370. The standard InChI is InChI=1S/C48H91NO4/c1-3-5-7-9-11-13-15-17-19-21-23-25-26-28-30-32-34-36-38-40-42-46(51)48(53)45(44-50)49-47(52)43-41-39-37-35-33-31-29-27-24-22-20-18-16-14-12-10-8-6-4-2/h22,24,26,28,34,36,45-46,48,50-51,53H,3-21,23,25,27,29-33,35,37-44H2,1-2H3,(H,49,52)/b24-22-,28-26+,36-34+. The third kappa shape index (κ3) is 38.6. The largest absolute Gasteiger partial charge is 0.394 e. The molecule has 53 heavy (non-hydrogen) atoms. The van der Waals surface area contributed by atoms with Crippen LogP contribution in [0.4, 0.5) is 0 Å². The van der Waals surface area contributed by atoms with E-state index in [1.165, 1.54) is 167 Å². The molecule has 0 saturated heterocycles. The third-order valence-corrected chi connectivity index (χ3v) is 10.7. The van der Waals surface area contributed by atoms with Crippen molar-refractivity contribution in [3.8, 4) is 0 Å². The van der Waals surface area contributed by atoms with Crippen molar-refractivity contribution in [2.24, 2.45) is 0 Å². The van der Waals surface area contributed by atoms with Gasteiger partial charge in [0.25, 0.3) is 0 Å². The molecule has 0 bridgehead atoms. The monoisotopic (exact) mass is 746 g/mol. The molecule has 0 heterocycles. The fourth-order valence-corrected chi connectivity index (χ4v) is 7.06. The summed E-state index contributed by atoms with van der Waals surface area (Å²) in [4.78, 5) is 12.4. The van der Waals surface area contributed by atoms with Gasteiger partial charge in [-0.05, 0) is 77.0 Å². The lowest BCUT2D eigenvalue weighted by Crippen LogP contribution is -2.50. The van der Waals surface area contributed by atoms with E-state index in [0.717, 1.165) is 44.9 Å². The first-order valence-electron chi connectivity index (χ1n) is 23.3. The van der Waals surface area contributed by atoms with Gasteiger partial charge in [-0.25, -0.2) is 0 Å². The van der Waals surface area contributed by atoms with E-state index in [0.29, 0.717) is 12.8 Å². The van der Waals surface area contributed by atoms with Crippen LogP contribution < -0.4 is 5.32 Å². The Morgan fingerprint density at radius 1 is 0.453 bits per heavy atom. The van der Waals surface area contributed by atoms with Crippen molar-refractivity contribution < 1.29 is 20.1 Å². The van der Waals surface area contributed by atoms with Crippen LogP contribution >= 0.6 is 0 Å². The van der Waals surface area contributed by atoms with Gasteiger partial charge in [-0.1, -0.05) is 192 Å². The number of aliphatic hydroxyl groups excluding tert-OH is 3. The Hall–Kier alpha value is -1.43. The van der Waals surface area contributed by atoms with E-state index < -0.39 is 18.2 Å². The molecule has 0 spiro atoms. The van der Waals surface area contributed by atoms with Crippen molar-refractivity contribution in [2.75, 3.05) is 6.61 Å². The number of unbranched alkanes of at least 4 members (excludes halogenated alkanes) is 28. The van der Waals surface area contributed by atoms with Gasteiger partial charge in [0.2, 0.25) is 5.91 Å². The Balaban J connectivity index is 3.69. The number of nitrogens with one attached hydrogen (secondary N) is 1. The smallest absolute Gasteiger partial charge is 0.220 e. The van der Waals surface area contributed by atoms with E-state index >= 15 is 0 Å². The average Bonchev–Trinajstić information content (AvgIpc) is 3.16. The first kappa shape index (κ1) is 51.6. The second-order valence-electron chi connectivity index (χ2n) is 15.9. The Kier molecular flexibility index (Phi) is 42.1. The Bertz CT molecular complexity index is 824. The molecule has 0 aromatic heterocycles. The summed E-state index contributed by atoms with van der Waals surface area (Å²) in [6.45, 7) is 4.17. The zero-order chi connectivity index (χ0) is 38.7. The van der Waals surface area contributed by atoms with Crippen molar-refractivity contribution in [1.82, 2.24) is 5.32 Å². The zero-order valence-corrected chi connectivity index (χ0v) is 35.4. The maximum Gasteiger partial charge on any atom is 0.220 e. The third-order valence-electron chi connectivity index (χ3n) is 10.7. The molecule has 0 aromatic carbocycles. The lowest BCUT2D eigenvalue weighted by molar-refractivity contribution is -0.124. The minimum atomic E-state index is -1.17. The van der Waals surface area contributed by atoms with Crippen LogP contribution in [0, 0.1) is 0 Å². The molecular formula is C48H91NO4. The molecule has 3 unspecified atom stereocenters. The van der Waals surface area contributed by atoms with Crippen LogP contribution in [0.5, 0.6) is 0 Å². The Morgan fingerprint density at radius 3 is 1.15 bits per heavy atom. The molecule has 0 aromatic rings. The van der Waals surface area contributed by atoms with E-state index in [2.05, 4.69) is 55.6 Å². The van der Waals surface area contributed by atoms with Gasteiger partial charge in [0, 0.05) is 6.42 Å². The molecule has 312 valence electrons. The molecule has 0 rings (SSSR count). The molecule has 0 fully saturated rings. The highest BCUT2D eigenvalue weighted by atomic mass is 16.3. The molecule has 3 atom stereocenters. The highest BCUT2D eigenvalue weighted by molar-refractivity contribution is 5.76. The summed E-state index contributed by atoms with van der Waals surface area (Å²) in [7, 11) is 0. The van der Waals surface area contributed by atoms with Gasteiger partial charge < -0.3 is 20.6 Å². The van der Waals surface area contributed by atoms with Crippen molar-refractivity contribution in [2.45, 2.75) is 257 Å². The fraction of sp³-hybridized carbons (Fsp3) is 0.854. The van der Waals surface area contributed by atoms with Crippen LogP contribution in [0.2, 0.25) is 0 Å². The van der Waals surface area contributed by atoms with Gasteiger partial charge in [0.15, 0.2) is 0 Å². The van der Waals surface area contributed by atoms with E-state index in [1.807, 2.05) is 0 Å². The molecule has 0 aliphatic rings. The number of hydrogen-bond donors (Lipinski definition) is 4. The van der Waals surface area contributed by atoms with Gasteiger partial charge in [0.05, 0.1) is 18.8 Å². The summed E-state index contributed by atoms with van der Waals surface area (Å²) in [6.07, 6.45) is 54.0. The van der Waals surface area contributed by atoms with Gasteiger partial charge in [0.1, 0.15) is 6.10 Å². The highest BCUT2D eigenvalue weighted by Crippen LogP contribution is 2.15. The van der Waals surface area contributed by atoms with E-state index in [4.69, 9.17) is 0 Å². The average molecular weight is 746 g/mol. The molecule has 0 radical (unpaired) electrons. The molecule has 0 saturated carbocycles. The number of aliphatic hydroxyl groups is 3. The van der Waals surface area contributed by atoms with Crippen LogP contribution in [0.15, 0.2) is 36.5 Å². The molecule has 0 aliphatic carbocycles. The van der Waals surface area contributed by atoms with E-state index in [-0.39, 0.29) is 12.5 Å². The second-order valence-corrected chi connectivity index (χ2v) is 15.9. The summed E-state index contributed by atoms with van der Waals surface area (Å²) >= 11 is 0. The van der Waals surface area contributed by atoms with Crippen molar-refractivity contribution >= 4 is 5.91 Å². The maximum atomic E-state index is 12.4. The van der Waals surface area contributed by atoms with Gasteiger partial charge in [-0.15, -0.1) is 0 Å². The maximum absolute atomic E-state index is 12.4. The first-order valence-corrected chi connectivity index (χ1v) is 23.3. The SMILES string of the molecule is CCCCCCCCCC/C=C\CCCCCCCCCC(=O)NC(CO)C(O)C(O)CCC/C=C/CC/C=C/CCCCCCCCCCCCC. The molecule has 5 heteroatoms. The zero-order valence-electron chi connectivity index (χ0n) is 35.4. The molecule has 4 N–H and O–H groups in total. The minimum Gasteiger partial charge on any atom is -0.394 e. The van der Waals surface area contributed by atoms with Crippen LogP contribution in [0.25, 0.3) is 0 Å². The van der Waals surface area contributed by atoms with Crippen molar-refractivity contribution in [3.63, 3.8) is 0 Å². The topological polar surface area (TPSA) is 89.8 Å². The fourth-order valence-electron chi connectivity index (χ4n) is 7.06. The summed E-state index contributed by atoms with van der Waals surface area (Å²) in [5.41, 5.74) is 0. The normalized spacial score (nSPS) is 13.8. The first-order chi connectivity index (χ1) is 26.1. The van der Waals surface area contributed by atoms with Crippen LogP contribution in [0.1, 0.15) is 239 Å². The number of hydrogen-bond acceptors (Lipinski definition) is 4. The molecule has 5 nitrogen and oxygen atoms in total. The predicted octanol–water partition coefficient (Wildman–Crippen LogP) is 13.5. The Labute approximate surface area is 330 Å². The molecule has 1 amide bonds. The molecule has 0 aliphatic heterocycles. The number of amides is 1. The van der Waals surface area contributed by atoms with Crippen LogP contribution in [-0.4, -0.2) is 46.1 Å². The lowest BCUT2D eigenvalue weighted by Gasteiger charge is -2.26. The summed E-state index contributed by atoms with van der Waals surface area (Å²) in [6, 6.07) is -0.834. The van der Waals surface area contributed by atoms with Crippen LogP contribution in [-0.2, 0) is 4.79 Å². The Morgan fingerprint density at radius 2 is 0.774 bits per heavy atom. The van der Waals surface area contributed by atoms with Crippen molar-refractivity contribution in [3.05, 3.63) is 36.5 Å². The summed E-state index contributed by atoms with van der Waals surface area (Å²) < 4.78 is 0. The van der Waals surface area contributed by atoms with Crippen molar-refractivity contribution in [1.29, 1.82) is 0 Å². The van der Waals surface area contributed by atoms with Gasteiger partial charge in [-0.3, -0.25) is 4.79 Å². The highest BCUT2D eigenvalue weighted by Gasteiger charge is 2.26. The molecular weight excluding hydrogens is 655 g/mol. The predicted molar refractivity (Wildman–Crippen MR) is 231 cm³/mol.